The van der Waals surface area contributed by atoms with Gasteiger partial charge in [0.25, 0.3) is 0 Å². The molecule has 0 aliphatic heterocycles. The molecule has 5 nitrogen and oxygen atoms in total. The molecule has 1 rings (SSSR count). The fourth-order valence-corrected chi connectivity index (χ4v) is 1.49. The van der Waals surface area contributed by atoms with E-state index in [0.29, 0.717) is 12.5 Å². The second-order valence-corrected chi connectivity index (χ2v) is 4.28. The van der Waals surface area contributed by atoms with Gasteiger partial charge in [-0.2, -0.15) is 4.98 Å². The van der Waals surface area contributed by atoms with Crippen LogP contribution in [0.25, 0.3) is 0 Å². The smallest absolute Gasteiger partial charge is 0.394 e. The number of oxazole rings is 1. The highest BCUT2D eigenvalue weighted by Gasteiger charge is 2.16. The predicted octanol–water partition coefficient (Wildman–Crippen LogP) is 2.66. The number of aromatic nitrogens is 1. The molecule has 0 spiro atoms. The largest absolute Gasteiger partial charge is 0.461 e. The highest BCUT2D eigenvalue weighted by atomic mass is 16.6. The number of hydrogen-bond acceptors (Lipinski definition) is 5. The second-order valence-electron chi connectivity index (χ2n) is 4.28. The first-order valence-corrected chi connectivity index (χ1v) is 5.82. The molecule has 0 bridgehead atoms. The molecule has 0 aromatic carbocycles. The van der Waals surface area contributed by atoms with Gasteiger partial charge in [-0.05, 0) is 26.2 Å². The lowest BCUT2D eigenvalue weighted by molar-refractivity contribution is 0.0518. The number of ether oxygens (including phenoxy) is 2. The summed E-state index contributed by atoms with van der Waals surface area (Å²) in [4.78, 5) is 15.2. The zero-order valence-corrected chi connectivity index (χ0v) is 10.7. The van der Waals surface area contributed by atoms with Gasteiger partial charge in [0.1, 0.15) is 12.4 Å². The molecule has 17 heavy (non-hydrogen) atoms. The van der Waals surface area contributed by atoms with Crippen LogP contribution >= 0.6 is 0 Å². The Morgan fingerprint density at radius 1 is 1.47 bits per heavy atom. The zero-order valence-electron chi connectivity index (χ0n) is 10.7. The van der Waals surface area contributed by atoms with Gasteiger partial charge in [-0.25, -0.2) is 4.79 Å². The minimum Gasteiger partial charge on any atom is -0.461 e. The molecule has 0 saturated carbocycles. The molecular weight excluding hydrogens is 222 g/mol. The molecule has 1 heterocycles. The lowest BCUT2D eigenvalue weighted by atomic mass is 10.1. The van der Waals surface area contributed by atoms with Gasteiger partial charge in [0.2, 0.25) is 0 Å². The predicted molar refractivity (Wildman–Crippen MR) is 62.0 cm³/mol. The van der Waals surface area contributed by atoms with Gasteiger partial charge in [0.05, 0.1) is 6.61 Å². The molecule has 1 aromatic heterocycles. The van der Waals surface area contributed by atoms with Crippen molar-refractivity contribution < 1.29 is 18.7 Å². The SMILES string of the molecule is CCOC(=O)c1coc(OC(C)CC(C)C)n1. The fraction of sp³-hybridized carbons (Fsp3) is 0.667. The summed E-state index contributed by atoms with van der Waals surface area (Å²) in [7, 11) is 0. The third-order valence-electron chi connectivity index (χ3n) is 2.07. The number of nitrogens with zero attached hydrogens (tertiary/aromatic N) is 1. The Hall–Kier alpha value is -1.52. The number of carbonyl (C=O) groups is 1. The summed E-state index contributed by atoms with van der Waals surface area (Å²) in [5.41, 5.74) is 0.138. The van der Waals surface area contributed by atoms with Gasteiger partial charge < -0.3 is 13.9 Å². The van der Waals surface area contributed by atoms with Crippen LogP contribution in [0.1, 0.15) is 44.6 Å². The van der Waals surface area contributed by atoms with Crippen molar-refractivity contribution in [2.75, 3.05) is 6.61 Å². The Balaban J connectivity index is 2.53. The molecule has 0 radical (unpaired) electrons. The summed E-state index contributed by atoms with van der Waals surface area (Å²) in [6, 6.07) is 0. The van der Waals surface area contributed by atoms with Crippen molar-refractivity contribution in [3.05, 3.63) is 12.0 Å². The van der Waals surface area contributed by atoms with Crippen molar-refractivity contribution in [1.82, 2.24) is 4.98 Å². The molecular formula is C12H19NO4. The third-order valence-corrected chi connectivity index (χ3v) is 2.07. The van der Waals surface area contributed by atoms with E-state index in [1.807, 2.05) is 6.92 Å². The van der Waals surface area contributed by atoms with Crippen LogP contribution in [0.2, 0.25) is 0 Å². The van der Waals surface area contributed by atoms with Crippen LogP contribution in [-0.4, -0.2) is 23.7 Å². The maximum Gasteiger partial charge on any atom is 0.394 e. The molecule has 0 fully saturated rings. The molecule has 5 heteroatoms. The topological polar surface area (TPSA) is 61.6 Å². The lowest BCUT2D eigenvalue weighted by Crippen LogP contribution is -2.14. The number of carbonyl (C=O) groups excluding carboxylic acids is 1. The van der Waals surface area contributed by atoms with E-state index in [2.05, 4.69) is 18.8 Å². The van der Waals surface area contributed by atoms with Gasteiger partial charge in [-0.1, -0.05) is 13.8 Å². The molecule has 96 valence electrons. The van der Waals surface area contributed by atoms with Crippen molar-refractivity contribution in [1.29, 1.82) is 0 Å². The normalized spacial score (nSPS) is 12.5. The summed E-state index contributed by atoms with van der Waals surface area (Å²) in [5, 5.41) is 0. The van der Waals surface area contributed by atoms with E-state index in [-0.39, 0.29) is 17.9 Å². The van der Waals surface area contributed by atoms with E-state index in [1.54, 1.807) is 6.92 Å². The third kappa shape index (κ3) is 4.46. The summed E-state index contributed by atoms with van der Waals surface area (Å²) < 4.78 is 15.3. The Morgan fingerprint density at radius 2 is 2.18 bits per heavy atom. The van der Waals surface area contributed by atoms with Crippen LogP contribution in [-0.2, 0) is 4.74 Å². The Labute approximate surface area is 101 Å². The van der Waals surface area contributed by atoms with Crippen LogP contribution in [0.3, 0.4) is 0 Å². The number of rotatable bonds is 6. The average Bonchev–Trinajstić information content (AvgIpc) is 2.65. The first-order valence-electron chi connectivity index (χ1n) is 5.82. The van der Waals surface area contributed by atoms with Crippen LogP contribution in [0, 0.1) is 5.92 Å². The Morgan fingerprint density at radius 3 is 2.76 bits per heavy atom. The first kappa shape index (κ1) is 13.5. The van der Waals surface area contributed by atoms with Crippen molar-refractivity contribution >= 4 is 5.97 Å². The van der Waals surface area contributed by atoms with Crippen LogP contribution in [0.15, 0.2) is 10.7 Å². The van der Waals surface area contributed by atoms with Gasteiger partial charge in [-0.3, -0.25) is 0 Å². The van der Waals surface area contributed by atoms with Crippen molar-refractivity contribution in [2.24, 2.45) is 5.92 Å². The van der Waals surface area contributed by atoms with Crippen LogP contribution in [0.5, 0.6) is 6.08 Å². The fourth-order valence-electron chi connectivity index (χ4n) is 1.49. The van der Waals surface area contributed by atoms with Crippen LogP contribution < -0.4 is 4.74 Å². The van der Waals surface area contributed by atoms with Gasteiger partial charge in [0, 0.05) is 0 Å². The molecule has 0 N–H and O–H groups in total. The molecule has 1 unspecified atom stereocenters. The first-order chi connectivity index (χ1) is 8.02. The van der Waals surface area contributed by atoms with Crippen LogP contribution in [0.4, 0.5) is 0 Å². The van der Waals surface area contributed by atoms with E-state index < -0.39 is 5.97 Å². The number of esters is 1. The maximum atomic E-state index is 11.3. The summed E-state index contributed by atoms with van der Waals surface area (Å²) in [6.45, 7) is 8.21. The highest BCUT2D eigenvalue weighted by molar-refractivity contribution is 5.86. The molecule has 1 atom stereocenters. The monoisotopic (exact) mass is 241 g/mol. The van der Waals surface area contributed by atoms with E-state index in [9.17, 15) is 4.79 Å². The molecule has 0 aliphatic carbocycles. The molecule has 0 saturated heterocycles. The van der Waals surface area contributed by atoms with E-state index in [4.69, 9.17) is 13.9 Å². The molecule has 0 amide bonds. The second kappa shape index (κ2) is 6.27. The standard InChI is InChI=1S/C12H19NO4/c1-5-15-11(14)10-7-16-12(13-10)17-9(4)6-8(2)3/h7-9H,5-6H2,1-4H3. The van der Waals surface area contributed by atoms with Crippen molar-refractivity contribution in [3.63, 3.8) is 0 Å². The summed E-state index contributed by atoms with van der Waals surface area (Å²) in [5.74, 6) is 0.0344. The average molecular weight is 241 g/mol. The van der Waals surface area contributed by atoms with Crippen molar-refractivity contribution in [3.8, 4) is 6.08 Å². The number of hydrogen-bond donors (Lipinski definition) is 0. The van der Waals surface area contributed by atoms with Crippen molar-refractivity contribution in [2.45, 2.75) is 40.2 Å². The van der Waals surface area contributed by atoms with Gasteiger partial charge in [0.15, 0.2) is 5.69 Å². The van der Waals surface area contributed by atoms with E-state index in [0.717, 1.165) is 6.42 Å². The van der Waals surface area contributed by atoms with Gasteiger partial charge >= 0.3 is 12.0 Å². The minimum absolute atomic E-state index is 0.00342. The molecule has 1 aromatic rings. The quantitative estimate of drug-likeness (QED) is 0.716. The van der Waals surface area contributed by atoms with Gasteiger partial charge in [-0.15, -0.1) is 0 Å². The summed E-state index contributed by atoms with van der Waals surface area (Å²) >= 11 is 0. The minimum atomic E-state index is -0.498. The summed E-state index contributed by atoms with van der Waals surface area (Å²) in [6.07, 6.45) is 2.26. The lowest BCUT2D eigenvalue weighted by Gasteiger charge is -2.12. The van der Waals surface area contributed by atoms with E-state index >= 15 is 0 Å². The zero-order chi connectivity index (χ0) is 12.8. The Kier molecular flexibility index (Phi) is 5.00. The highest BCUT2D eigenvalue weighted by Crippen LogP contribution is 2.15. The maximum absolute atomic E-state index is 11.3. The molecule has 0 aliphatic rings. The Bertz CT molecular complexity index is 359. The van der Waals surface area contributed by atoms with E-state index in [1.165, 1.54) is 6.26 Å².